The minimum absolute atomic E-state index is 0.0137. The van der Waals surface area contributed by atoms with Gasteiger partial charge in [-0.05, 0) is 19.3 Å². The molecule has 2 aromatic rings. The van der Waals surface area contributed by atoms with Gasteiger partial charge in [-0.1, -0.05) is 0 Å². The van der Waals surface area contributed by atoms with Crippen LogP contribution in [0.2, 0.25) is 0 Å². The molecule has 3 amide bonds. The molecule has 1 unspecified atom stereocenters. The number of carbonyl (C=O) groups is 3. The van der Waals surface area contributed by atoms with Gasteiger partial charge in [-0.15, -0.1) is 11.3 Å². The average molecular weight is 414 g/mol. The first kappa shape index (κ1) is 18.3. The molecule has 3 aliphatic rings. The number of likely N-dealkylation sites (tertiary alicyclic amines) is 1. The smallest absolute Gasteiger partial charge is 0.274 e. The second kappa shape index (κ2) is 7.25. The summed E-state index contributed by atoms with van der Waals surface area (Å²) in [6.07, 6.45) is 4.55. The van der Waals surface area contributed by atoms with Gasteiger partial charge in [0.2, 0.25) is 11.8 Å². The fourth-order valence-corrected chi connectivity index (χ4v) is 5.09. The topological polar surface area (TPSA) is 102 Å². The number of hydrogen-bond acceptors (Lipinski definition) is 6. The van der Waals surface area contributed by atoms with Gasteiger partial charge in [-0.25, -0.2) is 4.98 Å². The molecule has 5 heterocycles. The fraction of sp³-hybridized carbons (Fsp3) is 0.526. The highest BCUT2D eigenvalue weighted by atomic mass is 32.1. The fourth-order valence-electron chi connectivity index (χ4n) is 4.42. The Bertz CT molecular complexity index is 949. The Kier molecular flexibility index (Phi) is 4.57. The maximum Gasteiger partial charge on any atom is 0.274 e. The molecule has 5 rings (SSSR count). The van der Waals surface area contributed by atoms with Crippen LogP contribution in [-0.2, 0) is 22.6 Å². The molecule has 152 valence electrons. The number of nitrogens with zero attached hydrogens (tertiary/aromatic N) is 5. The lowest BCUT2D eigenvalue weighted by atomic mass is 10.0. The lowest BCUT2D eigenvalue weighted by molar-refractivity contribution is -0.136. The third-order valence-electron chi connectivity index (χ3n) is 5.97. The minimum atomic E-state index is -0.360. The molecule has 0 bridgehead atoms. The van der Waals surface area contributed by atoms with Crippen molar-refractivity contribution in [3.05, 3.63) is 28.5 Å². The summed E-state index contributed by atoms with van der Waals surface area (Å²) in [7, 11) is 0. The summed E-state index contributed by atoms with van der Waals surface area (Å²) in [5, 5.41) is 9.70. The number of H-pyrrole nitrogens is 1. The molecule has 29 heavy (non-hydrogen) atoms. The van der Waals surface area contributed by atoms with Gasteiger partial charge in [0.1, 0.15) is 0 Å². The van der Waals surface area contributed by atoms with Crippen molar-refractivity contribution in [2.24, 2.45) is 5.92 Å². The Labute approximate surface area is 171 Å². The predicted octanol–water partition coefficient (Wildman–Crippen LogP) is 1.04. The van der Waals surface area contributed by atoms with Crippen LogP contribution in [0.25, 0.3) is 0 Å². The SMILES string of the molecule is O=C(c1n[nH]c2c1CCN(C(=O)C1CC(=O)N(c3nccs3)C1)C2)N1CCCC1. The quantitative estimate of drug-likeness (QED) is 0.809. The van der Waals surface area contributed by atoms with E-state index in [0.717, 1.165) is 37.2 Å². The van der Waals surface area contributed by atoms with Crippen LogP contribution >= 0.6 is 11.3 Å². The van der Waals surface area contributed by atoms with E-state index in [4.69, 9.17) is 0 Å². The van der Waals surface area contributed by atoms with E-state index in [1.807, 2.05) is 10.3 Å². The van der Waals surface area contributed by atoms with E-state index in [2.05, 4.69) is 15.2 Å². The van der Waals surface area contributed by atoms with Crippen LogP contribution in [0, 0.1) is 5.92 Å². The molecule has 0 radical (unpaired) electrons. The predicted molar refractivity (Wildman–Crippen MR) is 105 cm³/mol. The first-order valence-corrected chi connectivity index (χ1v) is 10.8. The van der Waals surface area contributed by atoms with Crippen LogP contribution in [0.15, 0.2) is 11.6 Å². The molecule has 0 aliphatic carbocycles. The van der Waals surface area contributed by atoms with E-state index in [9.17, 15) is 14.4 Å². The van der Waals surface area contributed by atoms with E-state index in [-0.39, 0.29) is 30.1 Å². The number of rotatable bonds is 3. The maximum absolute atomic E-state index is 13.0. The van der Waals surface area contributed by atoms with Gasteiger partial charge in [0.25, 0.3) is 5.91 Å². The highest BCUT2D eigenvalue weighted by Gasteiger charge is 2.39. The number of hydrogen-bond donors (Lipinski definition) is 1. The Morgan fingerprint density at radius 2 is 2.00 bits per heavy atom. The molecule has 2 saturated heterocycles. The van der Waals surface area contributed by atoms with E-state index >= 15 is 0 Å². The number of amides is 3. The van der Waals surface area contributed by atoms with Gasteiger partial charge in [0.15, 0.2) is 10.8 Å². The lowest BCUT2D eigenvalue weighted by Gasteiger charge is -2.29. The zero-order valence-corrected chi connectivity index (χ0v) is 16.8. The molecule has 1 atom stereocenters. The summed E-state index contributed by atoms with van der Waals surface area (Å²) in [6, 6.07) is 0. The number of aromatic nitrogens is 3. The van der Waals surface area contributed by atoms with Crippen molar-refractivity contribution >= 4 is 34.2 Å². The third-order valence-corrected chi connectivity index (χ3v) is 6.76. The third kappa shape index (κ3) is 3.21. The summed E-state index contributed by atoms with van der Waals surface area (Å²) in [4.78, 5) is 47.5. The molecule has 0 spiro atoms. The Morgan fingerprint density at radius 3 is 2.76 bits per heavy atom. The van der Waals surface area contributed by atoms with Crippen molar-refractivity contribution in [3.63, 3.8) is 0 Å². The van der Waals surface area contributed by atoms with Crippen molar-refractivity contribution in [1.29, 1.82) is 0 Å². The van der Waals surface area contributed by atoms with Crippen LogP contribution in [0.4, 0.5) is 5.13 Å². The largest absolute Gasteiger partial charge is 0.337 e. The van der Waals surface area contributed by atoms with Crippen molar-refractivity contribution in [2.45, 2.75) is 32.2 Å². The Balaban J connectivity index is 1.27. The standard InChI is InChI=1S/C19H22N6O3S/c26-15-9-12(10-25(15)19-20-4-8-29-19)17(27)24-7-3-13-14(11-24)21-22-16(13)18(28)23-5-1-2-6-23/h4,8,12H,1-3,5-7,9-11H2,(H,21,22). The van der Waals surface area contributed by atoms with Crippen molar-refractivity contribution in [1.82, 2.24) is 25.0 Å². The summed E-state index contributed by atoms with van der Waals surface area (Å²) in [6.45, 7) is 2.88. The monoisotopic (exact) mass is 414 g/mol. The average Bonchev–Trinajstić information content (AvgIpc) is 3.53. The molecule has 0 saturated carbocycles. The van der Waals surface area contributed by atoms with Gasteiger partial charge in [0.05, 0.1) is 18.2 Å². The second-order valence-corrected chi connectivity index (χ2v) is 8.63. The van der Waals surface area contributed by atoms with Crippen LogP contribution in [0.5, 0.6) is 0 Å². The molecule has 3 aliphatic heterocycles. The number of fused-ring (bicyclic) bond motifs is 1. The number of thiazole rings is 1. The van der Waals surface area contributed by atoms with Gasteiger partial charge < -0.3 is 9.80 Å². The van der Waals surface area contributed by atoms with Crippen LogP contribution < -0.4 is 4.90 Å². The maximum atomic E-state index is 13.0. The lowest BCUT2D eigenvalue weighted by Crippen LogP contribution is -2.41. The molecule has 1 N–H and O–H groups in total. The van der Waals surface area contributed by atoms with Crippen LogP contribution in [-0.4, -0.2) is 68.9 Å². The van der Waals surface area contributed by atoms with Gasteiger partial charge >= 0.3 is 0 Å². The van der Waals surface area contributed by atoms with E-state index in [1.165, 1.54) is 11.3 Å². The van der Waals surface area contributed by atoms with Gasteiger partial charge in [-0.2, -0.15) is 5.10 Å². The van der Waals surface area contributed by atoms with Crippen LogP contribution in [0.3, 0.4) is 0 Å². The van der Waals surface area contributed by atoms with Gasteiger partial charge in [0, 0.05) is 49.7 Å². The van der Waals surface area contributed by atoms with Crippen molar-refractivity contribution < 1.29 is 14.4 Å². The summed E-state index contributed by atoms with van der Waals surface area (Å²) in [5.41, 5.74) is 2.26. The molecule has 10 heteroatoms. The minimum Gasteiger partial charge on any atom is -0.337 e. The van der Waals surface area contributed by atoms with E-state index in [1.54, 1.807) is 16.0 Å². The normalized spacial score (nSPS) is 21.7. The zero-order chi connectivity index (χ0) is 20.0. The molecular formula is C19H22N6O3S. The first-order chi connectivity index (χ1) is 14.1. The Hall–Kier alpha value is -2.75. The highest BCUT2D eigenvalue weighted by molar-refractivity contribution is 7.13. The second-order valence-electron chi connectivity index (χ2n) is 7.76. The Morgan fingerprint density at radius 1 is 1.17 bits per heavy atom. The molecule has 2 aromatic heterocycles. The molecule has 9 nitrogen and oxygen atoms in total. The summed E-state index contributed by atoms with van der Waals surface area (Å²) in [5.74, 6) is -0.456. The van der Waals surface area contributed by atoms with Crippen molar-refractivity contribution in [2.75, 3.05) is 31.1 Å². The van der Waals surface area contributed by atoms with E-state index < -0.39 is 0 Å². The summed E-state index contributed by atoms with van der Waals surface area (Å²) >= 11 is 1.40. The highest BCUT2D eigenvalue weighted by Crippen LogP contribution is 2.29. The number of nitrogens with one attached hydrogen (secondary N) is 1. The number of anilines is 1. The molecular weight excluding hydrogens is 392 g/mol. The molecule has 0 aromatic carbocycles. The van der Waals surface area contributed by atoms with Crippen molar-refractivity contribution in [3.8, 4) is 0 Å². The number of aromatic amines is 1. The first-order valence-electron chi connectivity index (χ1n) is 9.96. The summed E-state index contributed by atoms with van der Waals surface area (Å²) < 4.78 is 0. The molecule has 2 fully saturated rings. The zero-order valence-electron chi connectivity index (χ0n) is 16.0. The van der Waals surface area contributed by atoms with Gasteiger partial charge in [-0.3, -0.25) is 24.4 Å². The van der Waals surface area contributed by atoms with E-state index in [0.29, 0.717) is 36.9 Å². The number of carbonyl (C=O) groups excluding carboxylic acids is 3. The van der Waals surface area contributed by atoms with Crippen LogP contribution in [0.1, 0.15) is 41.0 Å².